The lowest BCUT2D eigenvalue weighted by molar-refractivity contribution is 0.100. The van der Waals surface area contributed by atoms with Gasteiger partial charge in [-0.25, -0.2) is 4.98 Å². The van der Waals surface area contributed by atoms with Crippen LogP contribution in [0, 0.1) is 0 Å². The van der Waals surface area contributed by atoms with E-state index < -0.39 is 5.91 Å². The maximum atomic E-state index is 11.9. The number of pyridine rings is 1. The highest BCUT2D eigenvalue weighted by molar-refractivity contribution is 6.33. The van der Waals surface area contributed by atoms with Crippen molar-refractivity contribution >= 4 is 23.3 Å². The first-order valence-electron chi connectivity index (χ1n) is 7.73. The smallest absolute Gasteiger partial charge is 0.252 e. The standard InChI is InChI=1S/C17H19ClN4O2/c18-16-15(17(20)23)13(12-4-2-1-3-11(12)10-19)9-14(21-16)22-5-7-24-8-6-22/h1-4,9H,5-8,10,19H2,(H2,20,23). The van der Waals surface area contributed by atoms with E-state index in [1.807, 2.05) is 30.3 Å². The average Bonchev–Trinajstić information content (AvgIpc) is 2.61. The Morgan fingerprint density at radius 1 is 1.25 bits per heavy atom. The number of primary amides is 1. The SMILES string of the molecule is NCc1ccccc1-c1cc(N2CCOCC2)nc(Cl)c1C(N)=O. The molecule has 0 saturated carbocycles. The first-order valence-corrected chi connectivity index (χ1v) is 8.11. The van der Waals surface area contributed by atoms with E-state index >= 15 is 0 Å². The molecule has 0 aliphatic carbocycles. The van der Waals surface area contributed by atoms with Gasteiger partial charge in [-0.2, -0.15) is 0 Å². The van der Waals surface area contributed by atoms with Gasteiger partial charge in [0.1, 0.15) is 11.0 Å². The molecule has 1 aliphatic rings. The van der Waals surface area contributed by atoms with Crippen LogP contribution in [-0.2, 0) is 11.3 Å². The second-order valence-electron chi connectivity index (χ2n) is 5.52. The second-order valence-corrected chi connectivity index (χ2v) is 5.88. The Labute approximate surface area is 145 Å². The lowest BCUT2D eigenvalue weighted by atomic mass is 9.96. The van der Waals surface area contributed by atoms with Crippen LogP contribution < -0.4 is 16.4 Å². The van der Waals surface area contributed by atoms with Crippen LogP contribution in [0.15, 0.2) is 30.3 Å². The van der Waals surface area contributed by atoms with Gasteiger partial charge < -0.3 is 21.1 Å². The van der Waals surface area contributed by atoms with Crippen molar-refractivity contribution in [2.75, 3.05) is 31.2 Å². The van der Waals surface area contributed by atoms with Crippen molar-refractivity contribution in [1.29, 1.82) is 0 Å². The van der Waals surface area contributed by atoms with Crippen molar-refractivity contribution in [3.63, 3.8) is 0 Å². The minimum atomic E-state index is -0.608. The molecule has 1 aromatic heterocycles. The number of carbonyl (C=O) groups excluding carboxylic acids is 1. The van der Waals surface area contributed by atoms with Gasteiger partial charge in [-0.3, -0.25) is 4.79 Å². The van der Waals surface area contributed by atoms with E-state index in [1.54, 1.807) is 0 Å². The highest BCUT2D eigenvalue weighted by atomic mass is 35.5. The first kappa shape index (κ1) is 16.7. The molecular weight excluding hydrogens is 328 g/mol. The zero-order valence-electron chi connectivity index (χ0n) is 13.2. The maximum absolute atomic E-state index is 11.9. The minimum absolute atomic E-state index is 0.105. The molecule has 1 aliphatic heterocycles. The number of anilines is 1. The maximum Gasteiger partial charge on any atom is 0.252 e. The fraction of sp³-hybridized carbons (Fsp3) is 0.294. The van der Waals surface area contributed by atoms with Crippen molar-refractivity contribution in [2.24, 2.45) is 11.5 Å². The van der Waals surface area contributed by atoms with E-state index in [-0.39, 0.29) is 10.7 Å². The van der Waals surface area contributed by atoms with E-state index in [4.69, 9.17) is 27.8 Å². The number of nitrogens with zero attached hydrogens (tertiary/aromatic N) is 2. The average molecular weight is 347 g/mol. The molecular formula is C17H19ClN4O2. The van der Waals surface area contributed by atoms with Gasteiger partial charge in [0.05, 0.1) is 18.8 Å². The van der Waals surface area contributed by atoms with Crippen molar-refractivity contribution in [1.82, 2.24) is 4.98 Å². The van der Waals surface area contributed by atoms with Gasteiger partial charge in [0.15, 0.2) is 0 Å². The normalized spacial score (nSPS) is 14.7. The third-order valence-corrected chi connectivity index (χ3v) is 4.34. The number of hydrogen-bond acceptors (Lipinski definition) is 5. The molecule has 1 saturated heterocycles. The Kier molecular flexibility index (Phi) is 4.99. The lowest BCUT2D eigenvalue weighted by Crippen LogP contribution is -2.37. The summed E-state index contributed by atoms with van der Waals surface area (Å²) in [6, 6.07) is 9.47. The van der Waals surface area contributed by atoms with Gasteiger partial charge in [0.25, 0.3) is 5.91 Å². The number of aromatic nitrogens is 1. The number of ether oxygens (including phenoxy) is 1. The van der Waals surface area contributed by atoms with Gasteiger partial charge >= 0.3 is 0 Å². The molecule has 0 spiro atoms. The fourth-order valence-electron chi connectivity index (χ4n) is 2.86. The van der Waals surface area contributed by atoms with E-state index in [1.165, 1.54) is 0 Å². The second kappa shape index (κ2) is 7.17. The summed E-state index contributed by atoms with van der Waals surface area (Å²) in [5, 5.41) is 0.105. The van der Waals surface area contributed by atoms with Crippen LogP contribution in [0.2, 0.25) is 5.15 Å². The molecule has 1 aromatic carbocycles. The number of amides is 1. The minimum Gasteiger partial charge on any atom is -0.378 e. The van der Waals surface area contributed by atoms with Gasteiger partial charge in [-0.05, 0) is 17.2 Å². The number of hydrogen-bond donors (Lipinski definition) is 2. The molecule has 0 unspecified atom stereocenters. The Morgan fingerprint density at radius 2 is 1.96 bits per heavy atom. The summed E-state index contributed by atoms with van der Waals surface area (Å²) >= 11 is 6.29. The molecule has 0 bridgehead atoms. The molecule has 1 fully saturated rings. The lowest BCUT2D eigenvalue weighted by Gasteiger charge is -2.28. The molecule has 2 heterocycles. The topological polar surface area (TPSA) is 94.5 Å². The fourth-order valence-corrected chi connectivity index (χ4v) is 3.14. The Hall–Kier alpha value is -2.15. The number of nitrogens with two attached hydrogens (primary N) is 2. The van der Waals surface area contributed by atoms with Gasteiger partial charge in [-0.1, -0.05) is 35.9 Å². The third kappa shape index (κ3) is 3.21. The third-order valence-electron chi connectivity index (χ3n) is 4.07. The Balaban J connectivity index is 2.17. The van der Waals surface area contributed by atoms with Gasteiger partial charge in [0, 0.05) is 25.2 Å². The van der Waals surface area contributed by atoms with Crippen molar-refractivity contribution in [3.05, 3.63) is 46.6 Å². The zero-order chi connectivity index (χ0) is 17.1. The molecule has 0 atom stereocenters. The highest BCUT2D eigenvalue weighted by Crippen LogP contribution is 2.33. The van der Waals surface area contributed by atoms with E-state index in [0.717, 1.165) is 24.2 Å². The summed E-state index contributed by atoms with van der Waals surface area (Å²) in [5.41, 5.74) is 14.0. The summed E-state index contributed by atoms with van der Waals surface area (Å²) in [5.74, 6) is 0.0953. The number of carbonyl (C=O) groups is 1. The number of benzene rings is 1. The Bertz CT molecular complexity index is 760. The quantitative estimate of drug-likeness (QED) is 0.823. The summed E-state index contributed by atoms with van der Waals surface area (Å²) in [6.45, 7) is 3.05. The molecule has 126 valence electrons. The predicted octanol–water partition coefficient (Wildman–Crippen LogP) is 1.80. The largest absolute Gasteiger partial charge is 0.378 e. The summed E-state index contributed by atoms with van der Waals surface area (Å²) in [7, 11) is 0. The molecule has 4 N–H and O–H groups in total. The van der Waals surface area contributed by atoms with Crippen LogP contribution >= 0.6 is 11.6 Å². The molecule has 24 heavy (non-hydrogen) atoms. The van der Waals surface area contributed by atoms with Gasteiger partial charge in [-0.15, -0.1) is 0 Å². The monoisotopic (exact) mass is 346 g/mol. The summed E-state index contributed by atoms with van der Waals surface area (Å²) in [6.07, 6.45) is 0. The highest BCUT2D eigenvalue weighted by Gasteiger charge is 2.22. The molecule has 1 amide bonds. The molecule has 6 nitrogen and oxygen atoms in total. The van der Waals surface area contributed by atoms with E-state index in [9.17, 15) is 4.79 Å². The van der Waals surface area contributed by atoms with Gasteiger partial charge in [0.2, 0.25) is 0 Å². The van der Waals surface area contributed by atoms with E-state index in [2.05, 4.69) is 9.88 Å². The van der Waals surface area contributed by atoms with Crippen molar-refractivity contribution in [2.45, 2.75) is 6.54 Å². The van der Waals surface area contributed by atoms with Crippen LogP contribution in [-0.4, -0.2) is 37.2 Å². The van der Waals surface area contributed by atoms with E-state index in [0.29, 0.717) is 31.1 Å². The van der Waals surface area contributed by atoms with Crippen LogP contribution in [0.3, 0.4) is 0 Å². The molecule has 0 radical (unpaired) electrons. The first-order chi connectivity index (χ1) is 11.6. The zero-order valence-corrected chi connectivity index (χ0v) is 13.9. The van der Waals surface area contributed by atoms with Crippen LogP contribution in [0.4, 0.5) is 5.82 Å². The van der Waals surface area contributed by atoms with Crippen LogP contribution in [0.1, 0.15) is 15.9 Å². The summed E-state index contributed by atoms with van der Waals surface area (Å²) in [4.78, 5) is 18.4. The van der Waals surface area contributed by atoms with Crippen molar-refractivity contribution < 1.29 is 9.53 Å². The van der Waals surface area contributed by atoms with Crippen molar-refractivity contribution in [3.8, 4) is 11.1 Å². The Morgan fingerprint density at radius 3 is 2.62 bits per heavy atom. The number of morpholine rings is 1. The molecule has 2 aromatic rings. The number of rotatable bonds is 4. The number of halogens is 1. The molecule has 7 heteroatoms. The van der Waals surface area contributed by atoms with Crippen LogP contribution in [0.5, 0.6) is 0 Å². The van der Waals surface area contributed by atoms with Crippen LogP contribution in [0.25, 0.3) is 11.1 Å². The predicted molar refractivity (Wildman–Crippen MR) is 94.1 cm³/mol. The summed E-state index contributed by atoms with van der Waals surface area (Å²) < 4.78 is 5.37. The molecule has 3 rings (SSSR count).